The maximum atomic E-state index is 12.9. The summed E-state index contributed by atoms with van der Waals surface area (Å²) in [6.07, 6.45) is -2.97. The molecule has 0 aliphatic carbocycles. The topological polar surface area (TPSA) is 71.2 Å². The minimum Gasteiger partial charge on any atom is -0.384 e. The smallest absolute Gasteiger partial charge is 0.384 e. The number of piperidine rings is 1. The number of hydrogen-bond donors (Lipinski definition) is 2. The zero-order valence-corrected chi connectivity index (χ0v) is 11.2. The molecule has 3 N–H and O–H groups in total. The molecule has 1 aromatic rings. The van der Waals surface area contributed by atoms with Crippen LogP contribution in [0, 0.1) is 5.92 Å². The molecule has 2 aliphatic rings. The number of halogens is 3. The third-order valence-corrected chi connectivity index (χ3v) is 4.05. The van der Waals surface area contributed by atoms with Crippen LogP contribution < -0.4 is 16.0 Å². The maximum Gasteiger partial charge on any atom is 0.416 e. The summed E-state index contributed by atoms with van der Waals surface area (Å²) in [5, 5.41) is 2.76. The Kier molecular flexibility index (Phi) is 3.18. The molecule has 114 valence electrons. The summed E-state index contributed by atoms with van der Waals surface area (Å²) in [4.78, 5) is 17.5. The van der Waals surface area contributed by atoms with Gasteiger partial charge >= 0.3 is 6.18 Å². The number of nitrogens with two attached hydrogens (primary N) is 1. The number of alkyl halides is 3. The van der Waals surface area contributed by atoms with Crippen molar-refractivity contribution in [1.82, 2.24) is 10.3 Å². The predicted octanol–water partition coefficient (Wildman–Crippen LogP) is 1.40. The van der Waals surface area contributed by atoms with E-state index in [-0.39, 0.29) is 29.5 Å². The second-order valence-electron chi connectivity index (χ2n) is 5.39. The molecule has 3 rings (SSSR count). The number of nitrogens with one attached hydrogen (secondary N) is 1. The summed E-state index contributed by atoms with van der Waals surface area (Å²) in [5.74, 6) is -0.200. The molecule has 0 saturated carbocycles. The van der Waals surface area contributed by atoms with Crippen LogP contribution in [0.2, 0.25) is 0 Å². The molecule has 2 aliphatic heterocycles. The van der Waals surface area contributed by atoms with Crippen molar-refractivity contribution in [2.75, 3.05) is 23.7 Å². The van der Waals surface area contributed by atoms with E-state index in [9.17, 15) is 18.0 Å². The summed E-state index contributed by atoms with van der Waals surface area (Å²) in [6, 6.07) is 1.67. The van der Waals surface area contributed by atoms with Gasteiger partial charge in [-0.3, -0.25) is 4.79 Å². The molecule has 2 unspecified atom stereocenters. The van der Waals surface area contributed by atoms with Crippen LogP contribution in [0.3, 0.4) is 0 Å². The largest absolute Gasteiger partial charge is 0.416 e. The first-order chi connectivity index (χ1) is 9.86. The average Bonchev–Trinajstić information content (AvgIpc) is 2.79. The van der Waals surface area contributed by atoms with E-state index < -0.39 is 11.7 Å². The lowest BCUT2D eigenvalue weighted by Gasteiger charge is -2.37. The fourth-order valence-corrected chi connectivity index (χ4v) is 3.08. The number of anilines is 2. The molecule has 2 atom stereocenters. The molecule has 2 fully saturated rings. The van der Waals surface area contributed by atoms with Crippen LogP contribution in [0.5, 0.6) is 0 Å². The van der Waals surface area contributed by atoms with E-state index in [1.165, 1.54) is 0 Å². The van der Waals surface area contributed by atoms with Crippen LogP contribution in [0.1, 0.15) is 18.4 Å². The van der Waals surface area contributed by atoms with Crippen molar-refractivity contribution < 1.29 is 18.0 Å². The Morgan fingerprint density at radius 2 is 2.14 bits per heavy atom. The monoisotopic (exact) mass is 300 g/mol. The Balaban J connectivity index is 1.96. The minimum absolute atomic E-state index is 0.0374. The number of amides is 1. The highest BCUT2D eigenvalue weighted by molar-refractivity contribution is 5.83. The average molecular weight is 300 g/mol. The maximum absolute atomic E-state index is 12.9. The number of nitrogen functional groups attached to an aromatic ring is 1. The third-order valence-electron chi connectivity index (χ3n) is 4.05. The van der Waals surface area contributed by atoms with Crippen molar-refractivity contribution in [1.29, 1.82) is 0 Å². The van der Waals surface area contributed by atoms with E-state index in [1.54, 1.807) is 4.90 Å². The Labute approximate surface area is 119 Å². The summed E-state index contributed by atoms with van der Waals surface area (Å²) in [5.41, 5.74) is 4.69. The molecule has 3 heterocycles. The number of carbonyl (C=O) groups is 1. The Morgan fingerprint density at radius 3 is 2.86 bits per heavy atom. The van der Waals surface area contributed by atoms with Crippen LogP contribution in [0.25, 0.3) is 0 Å². The molecular formula is C13H15F3N4O. The summed E-state index contributed by atoms with van der Waals surface area (Å²) < 4.78 is 38.6. The lowest BCUT2D eigenvalue weighted by molar-refractivity contribution is -0.137. The van der Waals surface area contributed by atoms with Gasteiger partial charge in [0.05, 0.1) is 17.5 Å². The van der Waals surface area contributed by atoms with Gasteiger partial charge in [-0.15, -0.1) is 0 Å². The van der Waals surface area contributed by atoms with Gasteiger partial charge in [0, 0.05) is 13.1 Å². The van der Waals surface area contributed by atoms with Crippen LogP contribution in [0.15, 0.2) is 12.1 Å². The number of aromatic nitrogens is 1. The second kappa shape index (κ2) is 4.78. The van der Waals surface area contributed by atoms with Crippen molar-refractivity contribution in [2.24, 2.45) is 5.92 Å². The first kappa shape index (κ1) is 14.0. The van der Waals surface area contributed by atoms with E-state index in [2.05, 4.69) is 10.3 Å². The molecular weight excluding hydrogens is 285 g/mol. The molecule has 0 radical (unpaired) electrons. The predicted molar refractivity (Wildman–Crippen MR) is 70.5 cm³/mol. The summed E-state index contributed by atoms with van der Waals surface area (Å²) in [7, 11) is 0. The fourth-order valence-electron chi connectivity index (χ4n) is 3.08. The Morgan fingerprint density at radius 1 is 1.38 bits per heavy atom. The number of nitrogens with zero attached hydrogens (tertiary/aromatic N) is 2. The molecule has 0 aromatic carbocycles. The van der Waals surface area contributed by atoms with Crippen LogP contribution >= 0.6 is 0 Å². The number of carbonyl (C=O) groups excluding carboxylic acids is 1. The van der Waals surface area contributed by atoms with E-state index in [4.69, 9.17) is 5.73 Å². The first-order valence-electron chi connectivity index (χ1n) is 6.75. The zero-order valence-electron chi connectivity index (χ0n) is 11.2. The van der Waals surface area contributed by atoms with Gasteiger partial charge in [0.2, 0.25) is 5.91 Å². The lowest BCUT2D eigenvalue weighted by atomic mass is 9.91. The normalized spacial score (nSPS) is 25.7. The van der Waals surface area contributed by atoms with Gasteiger partial charge in [0.25, 0.3) is 0 Å². The summed E-state index contributed by atoms with van der Waals surface area (Å²) in [6.45, 7) is 1.01. The van der Waals surface area contributed by atoms with Gasteiger partial charge in [-0.1, -0.05) is 0 Å². The van der Waals surface area contributed by atoms with Crippen molar-refractivity contribution in [3.63, 3.8) is 0 Å². The van der Waals surface area contributed by atoms with E-state index in [1.807, 2.05) is 0 Å². The van der Waals surface area contributed by atoms with Gasteiger partial charge in [0.15, 0.2) is 0 Å². The molecule has 0 bridgehead atoms. The number of rotatable bonds is 1. The molecule has 5 nitrogen and oxygen atoms in total. The van der Waals surface area contributed by atoms with E-state index in [0.29, 0.717) is 13.1 Å². The zero-order chi connectivity index (χ0) is 15.2. The minimum atomic E-state index is -4.47. The standard InChI is InChI=1S/C13H15F3N4O/c14-13(15,16)7-4-10(17)19-11(5-7)20-3-1-2-8-9(20)6-18-12(8)21/h4-5,8-9H,1-3,6H2,(H2,17,19)(H,18,21). The van der Waals surface area contributed by atoms with Gasteiger partial charge in [-0.2, -0.15) is 13.2 Å². The van der Waals surface area contributed by atoms with Crippen LogP contribution in [-0.2, 0) is 11.0 Å². The Hall–Kier alpha value is -1.99. The van der Waals surface area contributed by atoms with Crippen molar-refractivity contribution in [3.05, 3.63) is 17.7 Å². The van der Waals surface area contributed by atoms with Crippen molar-refractivity contribution in [3.8, 4) is 0 Å². The van der Waals surface area contributed by atoms with Gasteiger partial charge in [0.1, 0.15) is 11.6 Å². The third kappa shape index (κ3) is 2.50. The van der Waals surface area contributed by atoms with E-state index >= 15 is 0 Å². The first-order valence-corrected chi connectivity index (χ1v) is 6.75. The molecule has 2 saturated heterocycles. The highest BCUT2D eigenvalue weighted by Gasteiger charge is 2.42. The molecule has 8 heteroatoms. The fraction of sp³-hybridized carbons (Fsp3) is 0.538. The van der Waals surface area contributed by atoms with E-state index in [0.717, 1.165) is 25.0 Å². The van der Waals surface area contributed by atoms with Crippen LogP contribution in [-0.4, -0.2) is 30.0 Å². The molecule has 1 aromatic heterocycles. The van der Waals surface area contributed by atoms with Gasteiger partial charge < -0.3 is 16.0 Å². The van der Waals surface area contributed by atoms with Crippen molar-refractivity contribution in [2.45, 2.75) is 25.1 Å². The molecule has 0 spiro atoms. The Bertz CT molecular complexity index is 575. The molecule has 1 amide bonds. The second-order valence-corrected chi connectivity index (χ2v) is 5.39. The number of pyridine rings is 1. The quantitative estimate of drug-likeness (QED) is 0.822. The number of fused-ring (bicyclic) bond motifs is 1. The molecule has 21 heavy (non-hydrogen) atoms. The summed E-state index contributed by atoms with van der Waals surface area (Å²) >= 11 is 0. The highest BCUT2D eigenvalue weighted by atomic mass is 19.4. The SMILES string of the molecule is Nc1cc(C(F)(F)F)cc(N2CCCC3C(=O)NCC32)n1. The van der Waals surface area contributed by atoms with Crippen molar-refractivity contribution >= 4 is 17.5 Å². The van der Waals surface area contributed by atoms with Gasteiger partial charge in [-0.05, 0) is 25.0 Å². The number of hydrogen-bond acceptors (Lipinski definition) is 4. The highest BCUT2D eigenvalue weighted by Crippen LogP contribution is 2.35. The lowest BCUT2D eigenvalue weighted by Crippen LogP contribution is -2.46. The van der Waals surface area contributed by atoms with Gasteiger partial charge in [-0.25, -0.2) is 4.98 Å². The van der Waals surface area contributed by atoms with Crippen LogP contribution in [0.4, 0.5) is 24.8 Å².